The minimum Gasteiger partial charge on any atom is -0.462 e. The van der Waals surface area contributed by atoms with Crippen molar-refractivity contribution in [3.05, 3.63) is 118 Å². The van der Waals surface area contributed by atoms with E-state index in [9.17, 15) is 53.4 Å². The number of nitrogen functional groups attached to an aromatic ring is 1. The summed E-state index contributed by atoms with van der Waals surface area (Å²) in [4.78, 5) is 84.8. The number of anilines is 2. The Morgan fingerprint density at radius 3 is 1.53 bits per heavy atom. The Morgan fingerprint density at radius 1 is 0.699 bits per heavy atom. The number of ether oxygens (including phenoxy) is 4. The molecule has 93 heavy (non-hydrogen) atoms. The van der Waals surface area contributed by atoms with Gasteiger partial charge in [0.15, 0.2) is 12.3 Å². The van der Waals surface area contributed by atoms with Crippen molar-refractivity contribution in [2.75, 3.05) is 24.3 Å². The van der Waals surface area contributed by atoms with E-state index in [0.29, 0.717) is 12.8 Å². The van der Waals surface area contributed by atoms with Gasteiger partial charge in [-0.1, -0.05) is 89.8 Å². The van der Waals surface area contributed by atoms with Crippen LogP contribution in [0, 0.1) is 35.2 Å². The maximum absolute atomic E-state index is 13.9. The van der Waals surface area contributed by atoms with Gasteiger partial charge in [-0.25, -0.2) is 25.3 Å². The molecule has 0 spiro atoms. The van der Waals surface area contributed by atoms with Crippen LogP contribution in [0.4, 0.5) is 11.6 Å². The maximum atomic E-state index is 13.9. The fourth-order valence-corrected chi connectivity index (χ4v) is 12.9. The molecular formula is C62H89ClN10O18P2. The van der Waals surface area contributed by atoms with Gasteiger partial charge in [0.05, 0.1) is 31.5 Å². The number of hydrogen-bond acceptors (Lipinski definition) is 22. The second-order valence-electron chi connectivity index (χ2n) is 23.1. The van der Waals surface area contributed by atoms with Gasteiger partial charge in [-0.3, -0.25) is 37.4 Å². The summed E-state index contributed by atoms with van der Waals surface area (Å²) >= 11 is 5.36. The molecule has 6 rings (SSSR count). The van der Waals surface area contributed by atoms with E-state index in [4.69, 9.17) is 60.9 Å². The zero-order valence-corrected chi connectivity index (χ0v) is 57.1. The Morgan fingerprint density at radius 2 is 1.12 bits per heavy atom. The first-order chi connectivity index (χ1) is 43.9. The number of benzene rings is 2. The van der Waals surface area contributed by atoms with E-state index in [-0.39, 0.29) is 46.1 Å². The maximum Gasteiger partial charge on any atom is 0.459 e. The average molecular weight is 1360 g/mol. The molecule has 0 aliphatic carbocycles. The molecule has 12 atom stereocenters. The number of carbonyl (C=O) groups excluding carboxylic acids is 4. The fraction of sp³-hybridized carbons (Fsp3) is 0.581. The van der Waals surface area contributed by atoms with Crippen LogP contribution in [-0.4, -0.2) is 120 Å². The van der Waals surface area contributed by atoms with E-state index in [2.05, 4.69) is 44.2 Å². The number of nitriles is 1. The first-order valence-electron chi connectivity index (χ1n) is 30.7. The SMILES string of the molecule is CCCC(CCC)C(=O)Cl.CCCC(CCC)C(=O)Nc1ccn([C@@H]2O[C@H](COP(=O)(N[C@@H](C)C(=O)OC(C)C)Oc3ccccc3)[C@@H](O)[C@@]2(C)C#N)c(=O)n1.[C-]#[N+][C@@]1(C)C(n2ccc(N)nc2=O)O[C@H](CO[P@](=O)(N[C@@H](C)C(=O)OC(C)C)Oc2ccccc2)[C@H]1O. The lowest BCUT2D eigenvalue weighted by Gasteiger charge is -2.26. The Bertz CT molecular complexity index is 3380. The number of nitrogens with one attached hydrogen (secondary N) is 3. The first-order valence-corrected chi connectivity index (χ1v) is 34.2. The second-order valence-corrected chi connectivity index (χ2v) is 26.9. The van der Waals surface area contributed by atoms with E-state index < -0.39 is 124 Å². The van der Waals surface area contributed by atoms with Gasteiger partial charge >= 0.3 is 44.3 Å². The van der Waals surface area contributed by atoms with Crippen LogP contribution >= 0.6 is 27.1 Å². The quantitative estimate of drug-likeness (QED) is 0.0118. The van der Waals surface area contributed by atoms with Crippen LogP contribution in [0.5, 0.6) is 11.5 Å². The number of aliphatic hydroxyl groups is 2. The molecule has 2 fully saturated rings. The molecule has 7 N–H and O–H groups in total. The highest BCUT2D eigenvalue weighted by Crippen LogP contribution is 2.50. The van der Waals surface area contributed by atoms with Crippen molar-refractivity contribution in [1.29, 1.82) is 5.26 Å². The third-order valence-corrected chi connectivity index (χ3v) is 18.2. The van der Waals surface area contributed by atoms with Crippen molar-refractivity contribution in [3.63, 3.8) is 0 Å². The summed E-state index contributed by atoms with van der Waals surface area (Å²) in [5.41, 5.74) is 0.681. The van der Waals surface area contributed by atoms with Crippen LogP contribution in [0.3, 0.4) is 0 Å². The Kier molecular flexibility index (Phi) is 31.0. The van der Waals surface area contributed by atoms with Crippen molar-refractivity contribution in [3.8, 4) is 17.6 Å². The van der Waals surface area contributed by atoms with Crippen molar-refractivity contribution in [2.45, 2.75) is 201 Å². The average Bonchev–Trinajstić information content (AvgIpc) is 1.63. The highest BCUT2D eigenvalue weighted by molar-refractivity contribution is 7.52. The molecule has 2 aromatic carbocycles. The van der Waals surface area contributed by atoms with E-state index in [1.54, 1.807) is 76.2 Å². The van der Waals surface area contributed by atoms with Crippen LogP contribution in [0.2, 0.25) is 0 Å². The number of para-hydroxylation sites is 2. The molecule has 2 aliphatic rings. The van der Waals surface area contributed by atoms with Crippen LogP contribution in [-0.2, 0) is 56.3 Å². The number of hydrogen-bond donors (Lipinski definition) is 6. The third kappa shape index (κ3) is 22.6. The molecule has 0 bridgehead atoms. The lowest BCUT2D eigenvalue weighted by molar-refractivity contribution is -0.150. The smallest absolute Gasteiger partial charge is 0.459 e. The molecule has 28 nitrogen and oxygen atoms in total. The Hall–Kier alpha value is -6.91. The number of nitrogens with zero attached hydrogens (tertiary/aromatic N) is 6. The van der Waals surface area contributed by atoms with Crippen molar-refractivity contribution in [2.24, 2.45) is 17.3 Å². The lowest BCUT2D eigenvalue weighted by atomic mass is 9.84. The highest BCUT2D eigenvalue weighted by Gasteiger charge is 2.61. The number of esters is 2. The van der Waals surface area contributed by atoms with E-state index >= 15 is 0 Å². The zero-order valence-electron chi connectivity index (χ0n) is 54.5. The minimum absolute atomic E-state index is 0.0145. The molecule has 512 valence electrons. The largest absolute Gasteiger partial charge is 0.462 e. The number of aliphatic hydroxyl groups excluding tert-OH is 2. The third-order valence-electron chi connectivity index (χ3n) is 14.6. The molecule has 2 aliphatic heterocycles. The number of amides is 1. The summed E-state index contributed by atoms with van der Waals surface area (Å²) in [7, 11) is -8.56. The van der Waals surface area contributed by atoms with Crippen molar-refractivity contribution < 1.29 is 75.6 Å². The summed E-state index contributed by atoms with van der Waals surface area (Å²) in [5, 5.41) is 39.8. The topological polar surface area (TPSA) is 377 Å². The summed E-state index contributed by atoms with van der Waals surface area (Å²) in [6.45, 7) is 27.1. The fourth-order valence-electron chi connectivity index (χ4n) is 9.70. The summed E-state index contributed by atoms with van der Waals surface area (Å²) in [5.74, 6) is -1.30. The first kappa shape index (κ1) is 78.5. The molecule has 2 unspecified atom stereocenters. The van der Waals surface area contributed by atoms with Crippen LogP contribution in [0.25, 0.3) is 4.85 Å². The Balaban J connectivity index is 0.000000351. The van der Waals surface area contributed by atoms with E-state index in [1.165, 1.54) is 64.4 Å². The van der Waals surface area contributed by atoms with Crippen molar-refractivity contribution in [1.82, 2.24) is 29.3 Å². The summed E-state index contributed by atoms with van der Waals surface area (Å²) < 4.78 is 74.2. The molecule has 0 radical (unpaired) electrons. The van der Waals surface area contributed by atoms with Crippen LogP contribution in [0.1, 0.15) is 147 Å². The lowest BCUT2D eigenvalue weighted by Crippen LogP contribution is -2.44. The predicted molar refractivity (Wildman–Crippen MR) is 345 cm³/mol. The molecule has 2 saturated heterocycles. The molecule has 31 heteroatoms. The van der Waals surface area contributed by atoms with Gasteiger partial charge in [-0.2, -0.15) is 25.4 Å². The van der Waals surface area contributed by atoms with Gasteiger partial charge in [-0.15, -0.1) is 0 Å². The normalized spacial score (nSPS) is 22.7. The Labute approximate surface area is 547 Å². The van der Waals surface area contributed by atoms with E-state index in [1.807, 2.05) is 19.9 Å². The molecule has 1 amide bonds. The van der Waals surface area contributed by atoms with Gasteiger partial charge in [-0.05, 0) is 122 Å². The number of rotatable bonds is 31. The predicted octanol–water partition coefficient (Wildman–Crippen LogP) is 9.18. The summed E-state index contributed by atoms with van der Waals surface area (Å²) in [6.07, 6.45) is 0.890. The van der Waals surface area contributed by atoms with Crippen LogP contribution < -0.4 is 41.7 Å². The number of carbonyl (C=O) groups is 4. The van der Waals surface area contributed by atoms with E-state index in [0.717, 1.165) is 47.7 Å². The molecule has 4 heterocycles. The van der Waals surface area contributed by atoms with Crippen LogP contribution in [0.15, 0.2) is 94.8 Å². The molecular weight excluding hydrogens is 1270 g/mol. The van der Waals surface area contributed by atoms with Gasteiger partial charge < -0.3 is 54.1 Å². The molecule has 4 aromatic rings. The monoisotopic (exact) mass is 1360 g/mol. The van der Waals surface area contributed by atoms with Gasteiger partial charge in [0.1, 0.15) is 58.9 Å². The minimum atomic E-state index is -4.31. The van der Waals surface area contributed by atoms with Gasteiger partial charge in [0.2, 0.25) is 17.4 Å². The highest BCUT2D eigenvalue weighted by atomic mass is 35.5. The molecule has 0 saturated carbocycles. The van der Waals surface area contributed by atoms with Crippen molar-refractivity contribution >= 4 is 61.8 Å². The zero-order chi connectivity index (χ0) is 69.4. The number of halogens is 1. The van der Waals surface area contributed by atoms with Gasteiger partial charge in [0, 0.05) is 31.2 Å². The van der Waals surface area contributed by atoms with Gasteiger partial charge in [0.25, 0.3) is 0 Å². The standard InChI is InChI=1S/C31H44N5O9P.C23H30N5O8P.C8H15ClO/c1-7-12-22(13-8-2)27(38)33-25-16-17-36(30(40)34-25)29-31(6,19-32)26(37)24(44-29)18-42-46(41,45-23-14-10-9-11-15-23)35-21(5)28(39)43-20(3)4;1-14(2)34-20(30)15(3)27-37(32,36-16-9-7-6-8-10-16)33-13-17-19(29)23(4,25-5)21(35-17)28-12-11-18(24)26-22(28)31;1-3-5-7(6-4-2)8(9)10/h9-11,14-17,20-22,24,26,29,37H,7-8,12-13,18H2,1-6H3,(H,35,41)(H,33,34,38,40);6-12,14-15,17,19,21,29H,13H2,1-4H3,(H,27,32)(H2,24,26,31);7H,3-6H2,1-2H3/t21-,24+,26+,29+,31+,46?;15-,17+,19+,21?,23+,37+;/m00./s1. The second kappa shape index (κ2) is 36.7. The number of aromatic nitrogens is 4. The number of nitrogens with two attached hydrogens (primary N) is 1. The summed E-state index contributed by atoms with van der Waals surface area (Å²) in [6, 6.07) is 18.9. The molecule has 2 aromatic heterocycles.